The third-order valence-electron chi connectivity index (χ3n) is 4.33. The van der Waals surface area contributed by atoms with E-state index in [2.05, 4.69) is 33.4 Å². The second kappa shape index (κ2) is 5.13. The lowest BCUT2D eigenvalue weighted by atomic mass is 9.92. The van der Waals surface area contributed by atoms with Crippen molar-refractivity contribution in [3.8, 4) is 5.88 Å². The fourth-order valence-electron chi connectivity index (χ4n) is 3.31. The molecule has 0 radical (unpaired) electrons. The molecule has 3 rings (SSSR count). The zero-order valence-corrected chi connectivity index (χ0v) is 13.7. The highest BCUT2D eigenvalue weighted by Gasteiger charge is 2.35. The molecule has 0 aliphatic heterocycles. The first kappa shape index (κ1) is 14.6. The summed E-state index contributed by atoms with van der Waals surface area (Å²) in [6.45, 7) is 6.57. The first-order chi connectivity index (χ1) is 9.93. The van der Waals surface area contributed by atoms with Gasteiger partial charge in [0.25, 0.3) is 0 Å². The monoisotopic (exact) mass is 308 g/mol. The van der Waals surface area contributed by atoms with Gasteiger partial charge in [0.15, 0.2) is 11.2 Å². The largest absolute Gasteiger partial charge is 0.479 e. The Labute approximate surface area is 129 Å². The summed E-state index contributed by atoms with van der Waals surface area (Å²) in [6.07, 6.45) is 4.97. The van der Waals surface area contributed by atoms with Crippen LogP contribution in [-0.2, 0) is 0 Å². The summed E-state index contributed by atoms with van der Waals surface area (Å²) in [6, 6.07) is 0.390. The van der Waals surface area contributed by atoms with Crippen LogP contribution in [0.5, 0.6) is 5.88 Å². The van der Waals surface area contributed by atoms with Gasteiger partial charge in [0.2, 0.25) is 5.88 Å². The van der Waals surface area contributed by atoms with Crippen molar-refractivity contribution in [3.63, 3.8) is 0 Å². The van der Waals surface area contributed by atoms with Crippen molar-refractivity contribution in [3.05, 3.63) is 12.2 Å². The standard InChI is InChI=1S/C15H21ClN4O/c1-9(16)12-19-11-13(17-8-18-14(11)21-4)20(12)10-5-6-15(2,3)7-10/h8-10H,5-7H2,1-4H3. The molecule has 2 heterocycles. The van der Waals surface area contributed by atoms with Crippen LogP contribution in [0.4, 0.5) is 0 Å². The van der Waals surface area contributed by atoms with Crippen LogP contribution < -0.4 is 4.74 Å². The molecular weight excluding hydrogens is 288 g/mol. The van der Waals surface area contributed by atoms with Gasteiger partial charge in [-0.05, 0) is 31.6 Å². The number of ether oxygens (including phenoxy) is 1. The van der Waals surface area contributed by atoms with Crippen LogP contribution in [-0.4, -0.2) is 26.6 Å². The van der Waals surface area contributed by atoms with Gasteiger partial charge in [0.1, 0.15) is 12.2 Å². The SMILES string of the molecule is COc1ncnc2c1nc(C(C)Cl)n2C1CCC(C)(C)C1. The molecule has 2 unspecified atom stereocenters. The zero-order valence-electron chi connectivity index (χ0n) is 12.9. The molecule has 2 atom stereocenters. The Morgan fingerprint density at radius 2 is 2.19 bits per heavy atom. The third kappa shape index (κ3) is 2.48. The number of hydrogen-bond acceptors (Lipinski definition) is 4. The van der Waals surface area contributed by atoms with Crippen LogP contribution in [0, 0.1) is 5.41 Å². The van der Waals surface area contributed by atoms with E-state index in [0.717, 1.165) is 24.3 Å². The summed E-state index contributed by atoms with van der Waals surface area (Å²) in [5.41, 5.74) is 1.88. The number of rotatable bonds is 3. The van der Waals surface area contributed by atoms with Gasteiger partial charge in [0, 0.05) is 6.04 Å². The Balaban J connectivity index is 2.18. The number of nitrogens with zero attached hydrogens (tertiary/aromatic N) is 4. The van der Waals surface area contributed by atoms with E-state index >= 15 is 0 Å². The number of fused-ring (bicyclic) bond motifs is 1. The zero-order chi connectivity index (χ0) is 15.2. The highest BCUT2D eigenvalue weighted by Crippen LogP contribution is 2.45. The van der Waals surface area contributed by atoms with Gasteiger partial charge in [-0.3, -0.25) is 0 Å². The molecule has 0 aromatic carbocycles. The fourth-order valence-corrected chi connectivity index (χ4v) is 3.47. The maximum absolute atomic E-state index is 6.35. The maximum atomic E-state index is 6.35. The summed E-state index contributed by atoms with van der Waals surface area (Å²) in [5, 5.41) is -0.174. The molecule has 1 fully saturated rings. The van der Waals surface area contributed by atoms with Crippen LogP contribution in [0.25, 0.3) is 11.2 Å². The molecule has 1 saturated carbocycles. The van der Waals surface area contributed by atoms with Gasteiger partial charge >= 0.3 is 0 Å². The minimum atomic E-state index is -0.174. The molecule has 114 valence electrons. The molecule has 21 heavy (non-hydrogen) atoms. The predicted molar refractivity (Wildman–Crippen MR) is 82.8 cm³/mol. The maximum Gasteiger partial charge on any atom is 0.245 e. The lowest BCUT2D eigenvalue weighted by molar-refractivity contribution is 0.358. The van der Waals surface area contributed by atoms with E-state index < -0.39 is 0 Å². The minimum absolute atomic E-state index is 0.174. The summed E-state index contributed by atoms with van der Waals surface area (Å²) < 4.78 is 7.51. The number of halogens is 1. The first-order valence-electron chi connectivity index (χ1n) is 7.34. The van der Waals surface area contributed by atoms with Crippen LogP contribution >= 0.6 is 11.6 Å². The highest BCUT2D eigenvalue weighted by molar-refractivity contribution is 6.20. The summed E-state index contributed by atoms with van der Waals surface area (Å²) in [4.78, 5) is 13.2. The predicted octanol–water partition coefficient (Wildman–Crippen LogP) is 3.89. The summed E-state index contributed by atoms with van der Waals surface area (Å²) in [7, 11) is 1.60. The molecule has 0 spiro atoms. The van der Waals surface area contributed by atoms with Gasteiger partial charge < -0.3 is 9.30 Å². The third-order valence-corrected chi connectivity index (χ3v) is 4.52. The normalized spacial score (nSPS) is 22.6. The molecule has 0 amide bonds. The molecule has 1 aliphatic rings. The van der Waals surface area contributed by atoms with Gasteiger partial charge in [-0.25, -0.2) is 9.97 Å². The van der Waals surface area contributed by atoms with Gasteiger partial charge in [0.05, 0.1) is 12.5 Å². The molecule has 6 heteroatoms. The van der Waals surface area contributed by atoms with Gasteiger partial charge in [-0.15, -0.1) is 11.6 Å². The smallest absolute Gasteiger partial charge is 0.245 e. The van der Waals surface area contributed by atoms with Crippen molar-refractivity contribution in [2.24, 2.45) is 5.41 Å². The van der Waals surface area contributed by atoms with Crippen molar-refractivity contribution >= 4 is 22.8 Å². The number of imidazole rings is 1. The van der Waals surface area contributed by atoms with E-state index in [4.69, 9.17) is 16.3 Å². The van der Waals surface area contributed by atoms with Crippen molar-refractivity contribution in [1.29, 1.82) is 0 Å². The average Bonchev–Trinajstić information content (AvgIpc) is 2.98. The van der Waals surface area contributed by atoms with Crippen molar-refractivity contribution in [2.75, 3.05) is 7.11 Å². The van der Waals surface area contributed by atoms with Crippen LogP contribution in [0.2, 0.25) is 0 Å². The second-order valence-corrected chi connectivity index (χ2v) is 7.23. The molecule has 5 nitrogen and oxygen atoms in total. The Morgan fingerprint density at radius 3 is 2.76 bits per heavy atom. The molecule has 0 saturated heterocycles. The molecule has 2 aromatic rings. The molecule has 0 N–H and O–H groups in total. The van der Waals surface area contributed by atoms with E-state index in [1.165, 1.54) is 12.7 Å². The number of aromatic nitrogens is 4. The van der Waals surface area contributed by atoms with E-state index in [-0.39, 0.29) is 5.38 Å². The number of hydrogen-bond donors (Lipinski definition) is 0. The lowest BCUT2D eigenvalue weighted by Gasteiger charge is -2.20. The van der Waals surface area contributed by atoms with Crippen molar-refractivity contribution in [1.82, 2.24) is 19.5 Å². The van der Waals surface area contributed by atoms with E-state index in [1.807, 2.05) is 6.92 Å². The quantitative estimate of drug-likeness (QED) is 0.807. The summed E-state index contributed by atoms with van der Waals surface area (Å²) in [5.74, 6) is 1.36. The Bertz CT molecular complexity index is 665. The Kier molecular flexibility index (Phi) is 3.56. The second-order valence-electron chi connectivity index (χ2n) is 6.57. The van der Waals surface area contributed by atoms with E-state index in [9.17, 15) is 0 Å². The van der Waals surface area contributed by atoms with Crippen molar-refractivity contribution < 1.29 is 4.74 Å². The number of methoxy groups -OCH3 is 1. The molecular formula is C15H21ClN4O. The first-order valence-corrected chi connectivity index (χ1v) is 7.77. The van der Waals surface area contributed by atoms with E-state index in [1.54, 1.807) is 7.11 Å². The molecule has 1 aliphatic carbocycles. The Morgan fingerprint density at radius 1 is 1.43 bits per heavy atom. The lowest BCUT2D eigenvalue weighted by Crippen LogP contribution is -2.13. The average molecular weight is 309 g/mol. The summed E-state index contributed by atoms with van der Waals surface area (Å²) >= 11 is 6.35. The van der Waals surface area contributed by atoms with Crippen LogP contribution in [0.15, 0.2) is 6.33 Å². The van der Waals surface area contributed by atoms with Gasteiger partial charge in [-0.2, -0.15) is 4.98 Å². The van der Waals surface area contributed by atoms with Crippen molar-refractivity contribution in [2.45, 2.75) is 51.5 Å². The molecule has 2 aromatic heterocycles. The highest BCUT2D eigenvalue weighted by atomic mass is 35.5. The Hall–Kier alpha value is -1.36. The van der Waals surface area contributed by atoms with Gasteiger partial charge in [-0.1, -0.05) is 13.8 Å². The topological polar surface area (TPSA) is 52.8 Å². The fraction of sp³-hybridized carbons (Fsp3) is 0.667. The van der Waals surface area contributed by atoms with E-state index in [0.29, 0.717) is 22.9 Å². The minimum Gasteiger partial charge on any atom is -0.479 e. The van der Waals surface area contributed by atoms with Crippen LogP contribution in [0.1, 0.15) is 57.3 Å². The molecule has 0 bridgehead atoms. The number of alkyl halides is 1. The van der Waals surface area contributed by atoms with Crippen LogP contribution in [0.3, 0.4) is 0 Å².